The molecule has 0 heterocycles. The van der Waals surface area contributed by atoms with Crippen LogP contribution >= 0.6 is 0 Å². The fourth-order valence-electron chi connectivity index (χ4n) is 3.45. The smallest absolute Gasteiger partial charge is 0.204 e. The number of benzene rings is 2. The minimum Gasteiger partial charge on any atom is -0.493 e. The summed E-state index contributed by atoms with van der Waals surface area (Å²) in [5, 5.41) is 0. The summed E-state index contributed by atoms with van der Waals surface area (Å²) in [7, 11) is 7.20. The van der Waals surface area contributed by atoms with Gasteiger partial charge in [0.1, 0.15) is 0 Å². The Labute approximate surface area is 156 Å². The number of fused-ring (bicyclic) bond motifs is 2. The third kappa shape index (κ3) is 2.50. The highest BCUT2D eigenvalue weighted by Gasteiger charge is 2.39. The summed E-state index contributed by atoms with van der Waals surface area (Å²) in [4.78, 5) is 26.7. The van der Waals surface area contributed by atoms with E-state index in [9.17, 15) is 9.59 Å². The van der Waals surface area contributed by atoms with Gasteiger partial charge < -0.3 is 23.7 Å². The number of hydrogen-bond donors (Lipinski definition) is 0. The average molecular weight is 372 g/mol. The van der Waals surface area contributed by atoms with E-state index in [1.165, 1.54) is 41.6 Å². The Bertz CT molecular complexity index is 960. The molecule has 1 aliphatic carbocycles. The van der Waals surface area contributed by atoms with Crippen LogP contribution in [-0.4, -0.2) is 47.1 Å². The molecule has 27 heavy (non-hydrogen) atoms. The zero-order valence-electron chi connectivity index (χ0n) is 16.0. The van der Waals surface area contributed by atoms with E-state index < -0.39 is 0 Å². The summed E-state index contributed by atoms with van der Waals surface area (Å²) in [5.41, 5.74) is 1.33. The minimum absolute atomic E-state index is 0.142. The second-order valence-corrected chi connectivity index (χ2v) is 5.91. The topological polar surface area (TPSA) is 80.3 Å². The number of carbonyl (C=O) groups is 2. The van der Waals surface area contributed by atoms with Gasteiger partial charge in [0.2, 0.25) is 5.75 Å². The summed E-state index contributed by atoms with van der Waals surface area (Å²) >= 11 is 0. The van der Waals surface area contributed by atoms with Crippen LogP contribution in [0.15, 0.2) is 12.1 Å². The number of aryl methyl sites for hydroxylation is 1. The zero-order valence-corrected chi connectivity index (χ0v) is 16.0. The number of methoxy groups -OCH3 is 5. The summed E-state index contributed by atoms with van der Waals surface area (Å²) in [6, 6.07) is 3.15. The maximum atomic E-state index is 13.4. The van der Waals surface area contributed by atoms with Crippen molar-refractivity contribution in [1.29, 1.82) is 0 Å². The van der Waals surface area contributed by atoms with Crippen LogP contribution < -0.4 is 23.7 Å². The number of carbonyl (C=O) groups excluding carboxylic acids is 2. The quantitative estimate of drug-likeness (QED) is 0.681. The van der Waals surface area contributed by atoms with Gasteiger partial charge >= 0.3 is 0 Å². The number of rotatable bonds is 5. The van der Waals surface area contributed by atoms with Gasteiger partial charge in [0, 0.05) is 11.1 Å². The molecule has 0 aromatic heterocycles. The standard InChI is InChI=1S/C20H20O7/c1-9-7-11(23-2)18(25-4)15-13(9)17(22)14-10(16(15)21)8-12(24-3)19(26-5)20(14)27-6/h7-8H,1-6H3. The summed E-state index contributed by atoms with van der Waals surface area (Å²) in [6.07, 6.45) is 0. The summed E-state index contributed by atoms with van der Waals surface area (Å²) < 4.78 is 26.8. The molecule has 7 heteroatoms. The maximum Gasteiger partial charge on any atom is 0.204 e. The molecule has 0 N–H and O–H groups in total. The van der Waals surface area contributed by atoms with Crippen LogP contribution in [0, 0.1) is 6.92 Å². The van der Waals surface area contributed by atoms with Crippen molar-refractivity contribution >= 4 is 11.6 Å². The van der Waals surface area contributed by atoms with E-state index in [1.54, 1.807) is 13.0 Å². The molecule has 1 aliphatic rings. The Hall–Kier alpha value is -3.22. The van der Waals surface area contributed by atoms with Crippen molar-refractivity contribution < 1.29 is 33.3 Å². The van der Waals surface area contributed by atoms with E-state index in [0.717, 1.165) is 0 Å². The van der Waals surface area contributed by atoms with Crippen LogP contribution in [0.25, 0.3) is 0 Å². The fraction of sp³-hybridized carbons (Fsp3) is 0.300. The first-order chi connectivity index (χ1) is 12.9. The van der Waals surface area contributed by atoms with Gasteiger partial charge in [-0.15, -0.1) is 0 Å². The second-order valence-electron chi connectivity index (χ2n) is 5.91. The first-order valence-electron chi connectivity index (χ1n) is 8.12. The first-order valence-corrected chi connectivity index (χ1v) is 8.12. The van der Waals surface area contributed by atoms with Gasteiger partial charge in [-0.05, 0) is 24.6 Å². The van der Waals surface area contributed by atoms with Crippen LogP contribution in [-0.2, 0) is 0 Å². The van der Waals surface area contributed by atoms with E-state index in [4.69, 9.17) is 23.7 Å². The van der Waals surface area contributed by atoms with Crippen LogP contribution in [0.2, 0.25) is 0 Å². The predicted molar refractivity (Wildman–Crippen MR) is 97.2 cm³/mol. The van der Waals surface area contributed by atoms with Gasteiger partial charge in [-0.25, -0.2) is 0 Å². The molecule has 142 valence electrons. The molecular weight excluding hydrogens is 352 g/mol. The van der Waals surface area contributed by atoms with Gasteiger partial charge in [-0.1, -0.05) is 0 Å². The molecule has 0 spiro atoms. The molecular formula is C20H20O7. The maximum absolute atomic E-state index is 13.4. The first kappa shape index (κ1) is 18.6. The van der Waals surface area contributed by atoms with Crippen LogP contribution in [0.4, 0.5) is 0 Å². The lowest BCUT2D eigenvalue weighted by molar-refractivity contribution is 0.0971. The molecule has 0 amide bonds. The highest BCUT2D eigenvalue weighted by atomic mass is 16.5. The Morgan fingerprint density at radius 3 is 1.67 bits per heavy atom. The van der Waals surface area contributed by atoms with Crippen molar-refractivity contribution in [3.05, 3.63) is 39.9 Å². The molecule has 0 atom stereocenters. The van der Waals surface area contributed by atoms with Gasteiger partial charge in [0.05, 0.1) is 46.7 Å². The molecule has 0 radical (unpaired) electrons. The van der Waals surface area contributed by atoms with Crippen LogP contribution in [0.3, 0.4) is 0 Å². The molecule has 0 aliphatic heterocycles. The molecule has 7 nitrogen and oxygen atoms in total. The lowest BCUT2D eigenvalue weighted by Crippen LogP contribution is -2.24. The fourth-order valence-corrected chi connectivity index (χ4v) is 3.45. The van der Waals surface area contributed by atoms with Crippen molar-refractivity contribution in [3.63, 3.8) is 0 Å². The zero-order chi connectivity index (χ0) is 19.9. The molecule has 2 aromatic carbocycles. The number of ketones is 2. The van der Waals surface area contributed by atoms with Crippen molar-refractivity contribution in [2.45, 2.75) is 6.92 Å². The largest absolute Gasteiger partial charge is 0.493 e. The average Bonchev–Trinajstić information content (AvgIpc) is 2.69. The van der Waals surface area contributed by atoms with Gasteiger partial charge in [-0.3, -0.25) is 9.59 Å². The van der Waals surface area contributed by atoms with Crippen molar-refractivity contribution in [2.75, 3.05) is 35.5 Å². The van der Waals surface area contributed by atoms with Gasteiger partial charge in [0.15, 0.2) is 34.6 Å². The van der Waals surface area contributed by atoms with E-state index in [-0.39, 0.29) is 56.8 Å². The van der Waals surface area contributed by atoms with Crippen molar-refractivity contribution in [2.24, 2.45) is 0 Å². The van der Waals surface area contributed by atoms with Crippen LogP contribution in [0.5, 0.6) is 28.7 Å². The Morgan fingerprint density at radius 1 is 0.593 bits per heavy atom. The Balaban J connectivity index is 2.43. The highest BCUT2D eigenvalue weighted by molar-refractivity contribution is 6.31. The Morgan fingerprint density at radius 2 is 1.15 bits per heavy atom. The molecule has 2 aromatic rings. The Kier molecular flexibility index (Phi) is 4.70. The second kappa shape index (κ2) is 6.83. The predicted octanol–water partition coefficient (Wildman–Crippen LogP) is 2.81. The third-order valence-corrected chi connectivity index (χ3v) is 4.62. The minimum atomic E-state index is -0.377. The highest BCUT2D eigenvalue weighted by Crippen LogP contribution is 2.48. The van der Waals surface area contributed by atoms with Gasteiger partial charge in [0.25, 0.3) is 0 Å². The summed E-state index contributed by atoms with van der Waals surface area (Å²) in [6.45, 7) is 1.74. The molecule has 0 unspecified atom stereocenters. The van der Waals surface area contributed by atoms with Crippen molar-refractivity contribution in [3.8, 4) is 28.7 Å². The number of ether oxygens (including phenoxy) is 5. The SMILES string of the molecule is COc1cc2c(c(OC)c1OC)C(=O)c1c(C)cc(OC)c(OC)c1C2=O. The monoisotopic (exact) mass is 372 g/mol. The summed E-state index contributed by atoms with van der Waals surface area (Å²) in [5.74, 6) is 0.568. The normalized spacial score (nSPS) is 12.2. The number of hydrogen-bond acceptors (Lipinski definition) is 7. The van der Waals surface area contributed by atoms with E-state index in [0.29, 0.717) is 11.3 Å². The van der Waals surface area contributed by atoms with Crippen molar-refractivity contribution in [1.82, 2.24) is 0 Å². The lowest BCUT2D eigenvalue weighted by atomic mass is 9.80. The molecule has 0 fully saturated rings. The van der Waals surface area contributed by atoms with Gasteiger partial charge in [-0.2, -0.15) is 0 Å². The van der Waals surface area contributed by atoms with E-state index >= 15 is 0 Å². The molecule has 3 rings (SSSR count). The lowest BCUT2D eigenvalue weighted by Gasteiger charge is -2.25. The molecule has 0 saturated carbocycles. The van der Waals surface area contributed by atoms with E-state index in [1.807, 2.05) is 0 Å². The molecule has 0 saturated heterocycles. The van der Waals surface area contributed by atoms with E-state index in [2.05, 4.69) is 0 Å². The third-order valence-electron chi connectivity index (χ3n) is 4.62. The molecule has 0 bridgehead atoms. The van der Waals surface area contributed by atoms with Crippen LogP contribution in [0.1, 0.15) is 37.4 Å².